The lowest BCUT2D eigenvalue weighted by atomic mass is 10.2. The summed E-state index contributed by atoms with van der Waals surface area (Å²) < 4.78 is 5.78. The Morgan fingerprint density at radius 1 is 1.33 bits per heavy atom. The zero-order valence-electron chi connectivity index (χ0n) is 9.70. The summed E-state index contributed by atoms with van der Waals surface area (Å²) in [5.74, 6) is 0.948. The van der Waals surface area contributed by atoms with Crippen molar-refractivity contribution in [3.63, 3.8) is 0 Å². The summed E-state index contributed by atoms with van der Waals surface area (Å²) in [5, 5.41) is 0. The minimum atomic E-state index is 0.305. The maximum Gasteiger partial charge on any atom is 0.119 e. The number of ether oxygens (including phenoxy) is 1. The van der Waals surface area contributed by atoms with Gasteiger partial charge in [-0.15, -0.1) is 0 Å². The minimum absolute atomic E-state index is 0.305. The Morgan fingerprint density at radius 3 is 2.53 bits per heavy atom. The Kier molecular flexibility index (Phi) is 4.96. The van der Waals surface area contributed by atoms with Crippen molar-refractivity contribution >= 4 is 6.08 Å². The Labute approximate surface area is 92.8 Å². The molecule has 0 fully saturated rings. The molecule has 0 saturated carbocycles. The zero-order valence-corrected chi connectivity index (χ0v) is 9.70. The molecular weight excluding hydrogens is 184 g/mol. The zero-order chi connectivity index (χ0) is 11.1. The molecule has 0 N–H and O–H groups in total. The van der Waals surface area contributed by atoms with Crippen LogP contribution in [0.4, 0.5) is 0 Å². The summed E-state index contributed by atoms with van der Waals surface area (Å²) >= 11 is 0. The van der Waals surface area contributed by atoms with Crippen LogP contribution in [0.2, 0.25) is 0 Å². The van der Waals surface area contributed by atoms with E-state index in [0.29, 0.717) is 6.10 Å². The molecule has 0 aliphatic carbocycles. The van der Waals surface area contributed by atoms with Crippen molar-refractivity contribution in [3.05, 3.63) is 36.4 Å². The highest BCUT2D eigenvalue weighted by Gasteiger charge is 2.02. The Hall–Kier alpha value is -1.24. The maximum atomic E-state index is 5.78. The van der Waals surface area contributed by atoms with E-state index < -0.39 is 0 Å². The summed E-state index contributed by atoms with van der Waals surface area (Å²) in [7, 11) is 0. The van der Waals surface area contributed by atoms with Gasteiger partial charge in [-0.05, 0) is 31.0 Å². The molecule has 0 amide bonds. The van der Waals surface area contributed by atoms with Crippen LogP contribution >= 0.6 is 0 Å². The van der Waals surface area contributed by atoms with Gasteiger partial charge < -0.3 is 4.74 Å². The summed E-state index contributed by atoms with van der Waals surface area (Å²) in [4.78, 5) is 0. The minimum Gasteiger partial charge on any atom is -0.491 e. The lowest BCUT2D eigenvalue weighted by molar-refractivity contribution is 0.207. The molecule has 1 aromatic carbocycles. The molecule has 1 unspecified atom stereocenters. The Balaban J connectivity index is 2.45. The summed E-state index contributed by atoms with van der Waals surface area (Å²) in [6.07, 6.45) is 5.72. The van der Waals surface area contributed by atoms with Crippen LogP contribution in [0.25, 0.3) is 6.08 Å². The van der Waals surface area contributed by atoms with Crippen LogP contribution in [0.1, 0.15) is 38.7 Å². The third-order valence-electron chi connectivity index (χ3n) is 2.42. The van der Waals surface area contributed by atoms with E-state index in [4.69, 9.17) is 4.74 Å². The van der Waals surface area contributed by atoms with Crippen LogP contribution in [-0.4, -0.2) is 6.10 Å². The molecule has 1 nitrogen and oxygen atoms in total. The fourth-order valence-corrected chi connectivity index (χ4v) is 1.47. The average molecular weight is 204 g/mol. The van der Waals surface area contributed by atoms with Crippen molar-refractivity contribution < 1.29 is 4.74 Å². The van der Waals surface area contributed by atoms with E-state index in [-0.39, 0.29) is 0 Å². The van der Waals surface area contributed by atoms with Gasteiger partial charge in [-0.1, -0.05) is 44.6 Å². The monoisotopic (exact) mass is 204 g/mol. The molecule has 0 aliphatic heterocycles. The molecule has 0 saturated heterocycles. The van der Waals surface area contributed by atoms with Crippen molar-refractivity contribution in [1.29, 1.82) is 0 Å². The van der Waals surface area contributed by atoms with E-state index in [1.54, 1.807) is 0 Å². The summed E-state index contributed by atoms with van der Waals surface area (Å²) in [6, 6.07) is 8.04. The molecule has 0 aromatic heterocycles. The largest absolute Gasteiger partial charge is 0.491 e. The van der Waals surface area contributed by atoms with Crippen molar-refractivity contribution in [1.82, 2.24) is 0 Å². The fraction of sp³-hybridized carbons (Fsp3) is 0.429. The van der Waals surface area contributed by atoms with Crippen molar-refractivity contribution in [3.8, 4) is 5.75 Å². The van der Waals surface area contributed by atoms with Crippen LogP contribution in [0.3, 0.4) is 0 Å². The lowest BCUT2D eigenvalue weighted by Gasteiger charge is -2.14. The molecule has 0 spiro atoms. The molecule has 82 valence electrons. The van der Waals surface area contributed by atoms with Crippen molar-refractivity contribution in [2.75, 3.05) is 0 Å². The predicted octanol–water partition coefficient (Wildman–Crippen LogP) is 4.29. The van der Waals surface area contributed by atoms with Gasteiger partial charge in [0.05, 0.1) is 6.10 Å². The SMILES string of the molecule is C=Cc1ccc(OC(C)CCCC)cc1. The van der Waals surface area contributed by atoms with Crippen LogP contribution in [-0.2, 0) is 0 Å². The number of unbranched alkanes of at least 4 members (excludes halogenated alkanes) is 1. The lowest BCUT2D eigenvalue weighted by Crippen LogP contribution is -2.11. The second-order valence-corrected chi connectivity index (χ2v) is 3.84. The van der Waals surface area contributed by atoms with Crippen LogP contribution < -0.4 is 4.74 Å². The highest BCUT2D eigenvalue weighted by molar-refractivity contribution is 5.48. The van der Waals surface area contributed by atoms with Crippen molar-refractivity contribution in [2.24, 2.45) is 0 Å². The molecular formula is C14H20O. The van der Waals surface area contributed by atoms with E-state index in [0.717, 1.165) is 17.7 Å². The van der Waals surface area contributed by atoms with E-state index >= 15 is 0 Å². The molecule has 1 atom stereocenters. The van der Waals surface area contributed by atoms with Gasteiger partial charge in [-0.3, -0.25) is 0 Å². The molecule has 1 rings (SSSR count). The molecule has 15 heavy (non-hydrogen) atoms. The second-order valence-electron chi connectivity index (χ2n) is 3.84. The summed E-state index contributed by atoms with van der Waals surface area (Å²) in [5.41, 5.74) is 1.13. The fourth-order valence-electron chi connectivity index (χ4n) is 1.47. The van der Waals surface area contributed by atoms with E-state index in [2.05, 4.69) is 20.4 Å². The maximum absolute atomic E-state index is 5.78. The first-order valence-electron chi connectivity index (χ1n) is 5.65. The number of hydrogen-bond donors (Lipinski definition) is 0. The number of rotatable bonds is 6. The van der Waals surface area contributed by atoms with Gasteiger partial charge in [0.1, 0.15) is 5.75 Å². The van der Waals surface area contributed by atoms with E-state index in [9.17, 15) is 0 Å². The van der Waals surface area contributed by atoms with Crippen LogP contribution in [0, 0.1) is 0 Å². The first-order chi connectivity index (χ1) is 7.26. The highest BCUT2D eigenvalue weighted by atomic mass is 16.5. The first kappa shape index (κ1) is 11.8. The van der Waals surface area contributed by atoms with Gasteiger partial charge in [-0.2, -0.15) is 0 Å². The quantitative estimate of drug-likeness (QED) is 0.671. The smallest absolute Gasteiger partial charge is 0.119 e. The molecule has 0 radical (unpaired) electrons. The number of hydrogen-bond acceptors (Lipinski definition) is 1. The normalized spacial score (nSPS) is 12.1. The van der Waals surface area contributed by atoms with Crippen LogP contribution in [0.15, 0.2) is 30.8 Å². The second kappa shape index (κ2) is 6.28. The van der Waals surface area contributed by atoms with E-state index in [1.807, 2.05) is 30.3 Å². The van der Waals surface area contributed by atoms with E-state index in [1.165, 1.54) is 12.8 Å². The molecule has 0 bridgehead atoms. The van der Waals surface area contributed by atoms with Gasteiger partial charge in [0.2, 0.25) is 0 Å². The number of benzene rings is 1. The third-order valence-corrected chi connectivity index (χ3v) is 2.42. The molecule has 0 aliphatic rings. The Bertz CT molecular complexity index is 287. The van der Waals surface area contributed by atoms with Gasteiger partial charge in [0.15, 0.2) is 0 Å². The molecule has 1 aromatic rings. The summed E-state index contributed by atoms with van der Waals surface area (Å²) in [6.45, 7) is 8.04. The molecule has 0 heterocycles. The predicted molar refractivity (Wildman–Crippen MR) is 66.1 cm³/mol. The standard InChI is InChI=1S/C14H20O/c1-4-6-7-12(3)15-14-10-8-13(5-2)9-11-14/h5,8-12H,2,4,6-7H2,1,3H3. The van der Waals surface area contributed by atoms with Crippen LogP contribution in [0.5, 0.6) is 5.75 Å². The third kappa shape index (κ3) is 4.20. The first-order valence-corrected chi connectivity index (χ1v) is 5.65. The highest BCUT2D eigenvalue weighted by Crippen LogP contribution is 2.16. The van der Waals surface area contributed by atoms with Gasteiger partial charge in [-0.25, -0.2) is 0 Å². The molecule has 1 heteroatoms. The topological polar surface area (TPSA) is 9.23 Å². The van der Waals surface area contributed by atoms with Gasteiger partial charge in [0.25, 0.3) is 0 Å². The average Bonchev–Trinajstić information content (AvgIpc) is 2.27. The van der Waals surface area contributed by atoms with Gasteiger partial charge >= 0.3 is 0 Å². The van der Waals surface area contributed by atoms with Gasteiger partial charge in [0, 0.05) is 0 Å². The Morgan fingerprint density at radius 2 is 2.00 bits per heavy atom. The van der Waals surface area contributed by atoms with Crippen molar-refractivity contribution in [2.45, 2.75) is 39.2 Å².